The number of hydrogen-bond donors (Lipinski definition) is 1. The molecule has 0 spiro atoms. The standard InChI is InChI=1S/C13H20N2/c1-3-15(12-8-9-12)13-7-5-4-6-11(13)10-14-2/h4-7,12,14H,3,8-10H2,1-2H3. The third-order valence-electron chi connectivity index (χ3n) is 3.00. The van der Waals surface area contributed by atoms with Crippen LogP contribution in [0, 0.1) is 0 Å². The number of nitrogens with zero attached hydrogens (tertiary/aromatic N) is 1. The highest BCUT2D eigenvalue weighted by Crippen LogP contribution is 2.33. The average molecular weight is 204 g/mol. The predicted molar refractivity (Wildman–Crippen MR) is 65.2 cm³/mol. The van der Waals surface area contributed by atoms with Crippen LogP contribution in [-0.4, -0.2) is 19.6 Å². The zero-order chi connectivity index (χ0) is 10.7. The monoisotopic (exact) mass is 204 g/mol. The largest absolute Gasteiger partial charge is 0.369 e. The van der Waals surface area contributed by atoms with E-state index < -0.39 is 0 Å². The van der Waals surface area contributed by atoms with Gasteiger partial charge in [-0.3, -0.25) is 0 Å². The van der Waals surface area contributed by atoms with E-state index in [4.69, 9.17) is 0 Å². The summed E-state index contributed by atoms with van der Waals surface area (Å²) in [5, 5.41) is 3.24. The van der Waals surface area contributed by atoms with Gasteiger partial charge in [-0.05, 0) is 38.4 Å². The third kappa shape index (κ3) is 2.32. The topological polar surface area (TPSA) is 15.3 Å². The molecule has 2 heteroatoms. The number of anilines is 1. The van der Waals surface area contributed by atoms with Crippen LogP contribution < -0.4 is 10.2 Å². The van der Waals surface area contributed by atoms with E-state index in [0.29, 0.717) is 0 Å². The first-order chi connectivity index (χ1) is 7.36. The van der Waals surface area contributed by atoms with Crippen LogP contribution in [0.1, 0.15) is 25.3 Å². The first-order valence-electron chi connectivity index (χ1n) is 5.86. The Hall–Kier alpha value is -1.02. The van der Waals surface area contributed by atoms with Crippen molar-refractivity contribution in [3.8, 4) is 0 Å². The fourth-order valence-corrected chi connectivity index (χ4v) is 2.14. The Morgan fingerprint density at radius 1 is 1.33 bits per heavy atom. The lowest BCUT2D eigenvalue weighted by Gasteiger charge is -2.25. The van der Waals surface area contributed by atoms with Crippen molar-refractivity contribution >= 4 is 5.69 Å². The molecule has 1 N–H and O–H groups in total. The fraction of sp³-hybridized carbons (Fsp3) is 0.538. The van der Waals surface area contributed by atoms with Crippen molar-refractivity contribution in [3.05, 3.63) is 29.8 Å². The Labute approximate surface area is 92.3 Å². The molecule has 1 aromatic carbocycles. The Kier molecular flexibility index (Phi) is 3.27. The zero-order valence-corrected chi connectivity index (χ0v) is 9.66. The van der Waals surface area contributed by atoms with Crippen LogP contribution in [0.5, 0.6) is 0 Å². The molecule has 2 rings (SSSR count). The molecule has 1 aromatic rings. The first kappa shape index (κ1) is 10.5. The molecular weight excluding hydrogens is 184 g/mol. The van der Waals surface area contributed by atoms with Crippen molar-refractivity contribution in [1.82, 2.24) is 5.32 Å². The maximum absolute atomic E-state index is 3.24. The summed E-state index contributed by atoms with van der Waals surface area (Å²) in [4.78, 5) is 2.53. The van der Waals surface area contributed by atoms with Gasteiger partial charge in [-0.25, -0.2) is 0 Å². The van der Waals surface area contributed by atoms with E-state index in [1.807, 2.05) is 7.05 Å². The highest BCUT2D eigenvalue weighted by molar-refractivity contribution is 5.55. The maximum atomic E-state index is 3.24. The van der Waals surface area contributed by atoms with Crippen LogP contribution in [-0.2, 0) is 6.54 Å². The summed E-state index contributed by atoms with van der Waals surface area (Å²) in [7, 11) is 2.00. The number of nitrogens with one attached hydrogen (secondary N) is 1. The molecular formula is C13H20N2. The van der Waals surface area contributed by atoms with Crippen LogP contribution >= 0.6 is 0 Å². The van der Waals surface area contributed by atoms with Crippen molar-refractivity contribution in [1.29, 1.82) is 0 Å². The number of benzene rings is 1. The SMILES string of the molecule is CCN(c1ccccc1CNC)C1CC1. The summed E-state index contributed by atoms with van der Waals surface area (Å²) in [6, 6.07) is 9.52. The Bertz CT molecular complexity index is 318. The Morgan fingerprint density at radius 3 is 2.67 bits per heavy atom. The Balaban J connectivity index is 2.23. The lowest BCUT2D eigenvalue weighted by atomic mass is 10.1. The summed E-state index contributed by atoms with van der Waals surface area (Å²) in [5.74, 6) is 0. The molecule has 1 aliphatic carbocycles. The van der Waals surface area contributed by atoms with Crippen molar-refractivity contribution in [2.24, 2.45) is 0 Å². The van der Waals surface area contributed by atoms with E-state index in [-0.39, 0.29) is 0 Å². The van der Waals surface area contributed by atoms with Gasteiger partial charge in [0.15, 0.2) is 0 Å². The smallest absolute Gasteiger partial charge is 0.0414 e. The van der Waals surface area contributed by atoms with Crippen LogP contribution in [0.25, 0.3) is 0 Å². The molecule has 0 amide bonds. The van der Waals surface area contributed by atoms with Gasteiger partial charge in [0.1, 0.15) is 0 Å². The van der Waals surface area contributed by atoms with E-state index in [1.54, 1.807) is 0 Å². The summed E-state index contributed by atoms with van der Waals surface area (Å²) < 4.78 is 0. The minimum atomic E-state index is 0.799. The molecule has 15 heavy (non-hydrogen) atoms. The second-order valence-electron chi connectivity index (χ2n) is 4.18. The number of rotatable bonds is 5. The van der Waals surface area contributed by atoms with Crippen molar-refractivity contribution in [2.75, 3.05) is 18.5 Å². The molecule has 0 radical (unpaired) electrons. The van der Waals surface area contributed by atoms with Crippen LogP contribution in [0.4, 0.5) is 5.69 Å². The first-order valence-corrected chi connectivity index (χ1v) is 5.86. The third-order valence-corrected chi connectivity index (χ3v) is 3.00. The molecule has 0 aromatic heterocycles. The van der Waals surface area contributed by atoms with Gasteiger partial charge in [0.25, 0.3) is 0 Å². The number of hydrogen-bond acceptors (Lipinski definition) is 2. The van der Waals surface area contributed by atoms with Crippen molar-refractivity contribution in [3.63, 3.8) is 0 Å². The van der Waals surface area contributed by atoms with E-state index in [1.165, 1.54) is 24.1 Å². The van der Waals surface area contributed by atoms with Gasteiger partial charge in [0.05, 0.1) is 0 Å². The fourth-order valence-electron chi connectivity index (χ4n) is 2.14. The van der Waals surface area contributed by atoms with Crippen molar-refractivity contribution < 1.29 is 0 Å². The Morgan fingerprint density at radius 2 is 2.07 bits per heavy atom. The predicted octanol–water partition coefficient (Wildman–Crippen LogP) is 2.39. The van der Waals surface area contributed by atoms with E-state index in [9.17, 15) is 0 Å². The minimum absolute atomic E-state index is 0.799. The van der Waals surface area contributed by atoms with Crippen LogP contribution in [0.3, 0.4) is 0 Å². The molecule has 0 unspecified atom stereocenters. The maximum Gasteiger partial charge on any atom is 0.0414 e. The van der Waals surface area contributed by atoms with Gasteiger partial charge in [0.2, 0.25) is 0 Å². The van der Waals surface area contributed by atoms with Crippen molar-refractivity contribution in [2.45, 2.75) is 32.4 Å². The lowest BCUT2D eigenvalue weighted by molar-refractivity contribution is 0.782. The van der Waals surface area contributed by atoms with E-state index in [0.717, 1.165) is 19.1 Å². The summed E-state index contributed by atoms with van der Waals surface area (Å²) in [5.41, 5.74) is 2.82. The normalized spacial score (nSPS) is 15.3. The second kappa shape index (κ2) is 4.67. The highest BCUT2D eigenvalue weighted by Gasteiger charge is 2.28. The quantitative estimate of drug-likeness (QED) is 0.792. The highest BCUT2D eigenvalue weighted by atomic mass is 15.2. The lowest BCUT2D eigenvalue weighted by Crippen LogP contribution is -2.26. The summed E-state index contributed by atoms with van der Waals surface area (Å²) in [6.07, 6.45) is 2.73. The van der Waals surface area contributed by atoms with E-state index >= 15 is 0 Å². The van der Waals surface area contributed by atoms with Gasteiger partial charge in [0, 0.05) is 24.8 Å². The molecule has 1 saturated carbocycles. The minimum Gasteiger partial charge on any atom is -0.369 e. The second-order valence-corrected chi connectivity index (χ2v) is 4.18. The van der Waals surface area contributed by atoms with Gasteiger partial charge in [-0.15, -0.1) is 0 Å². The molecule has 0 bridgehead atoms. The molecule has 1 fully saturated rings. The van der Waals surface area contributed by atoms with Crippen LogP contribution in [0.2, 0.25) is 0 Å². The number of para-hydroxylation sites is 1. The average Bonchev–Trinajstić information content (AvgIpc) is 3.06. The molecule has 0 aliphatic heterocycles. The van der Waals surface area contributed by atoms with Gasteiger partial charge >= 0.3 is 0 Å². The summed E-state index contributed by atoms with van der Waals surface area (Å²) >= 11 is 0. The van der Waals surface area contributed by atoms with Gasteiger partial charge in [-0.1, -0.05) is 18.2 Å². The van der Waals surface area contributed by atoms with Gasteiger partial charge < -0.3 is 10.2 Å². The van der Waals surface area contributed by atoms with E-state index in [2.05, 4.69) is 41.4 Å². The zero-order valence-electron chi connectivity index (χ0n) is 9.66. The van der Waals surface area contributed by atoms with Crippen LogP contribution in [0.15, 0.2) is 24.3 Å². The molecule has 0 heterocycles. The molecule has 0 atom stereocenters. The molecule has 0 saturated heterocycles. The molecule has 2 nitrogen and oxygen atoms in total. The van der Waals surface area contributed by atoms with Gasteiger partial charge in [-0.2, -0.15) is 0 Å². The summed E-state index contributed by atoms with van der Waals surface area (Å²) in [6.45, 7) is 4.32. The molecule has 82 valence electrons. The molecule has 1 aliphatic rings.